The Hall–Kier alpha value is -2.00. The minimum atomic E-state index is 0.215. The molecule has 3 heteroatoms. The lowest BCUT2D eigenvalue weighted by Gasteiger charge is -2.21. The molecule has 0 saturated heterocycles. The summed E-state index contributed by atoms with van der Waals surface area (Å²) in [7, 11) is 1.67. The van der Waals surface area contributed by atoms with Crippen molar-refractivity contribution < 1.29 is 9.84 Å². The third-order valence-corrected chi connectivity index (χ3v) is 3.51. The van der Waals surface area contributed by atoms with Gasteiger partial charge in [-0.25, -0.2) is 0 Å². The van der Waals surface area contributed by atoms with Gasteiger partial charge in [-0.1, -0.05) is 24.3 Å². The fraction of sp³-hybridized carbons (Fsp3) is 0.294. The average Bonchev–Trinajstić information content (AvgIpc) is 2.48. The second-order valence-electron chi connectivity index (χ2n) is 4.97. The fourth-order valence-electron chi connectivity index (χ4n) is 2.22. The lowest BCUT2D eigenvalue weighted by Crippen LogP contribution is -2.22. The maximum absolute atomic E-state index is 9.32. The maximum atomic E-state index is 9.32. The first-order valence-electron chi connectivity index (χ1n) is 6.79. The molecule has 0 saturated carbocycles. The van der Waals surface area contributed by atoms with Crippen molar-refractivity contribution in [2.45, 2.75) is 25.9 Å². The molecule has 0 aliphatic carbocycles. The highest BCUT2D eigenvalue weighted by atomic mass is 16.5. The van der Waals surface area contributed by atoms with Gasteiger partial charge in [-0.3, -0.25) is 0 Å². The molecule has 2 N–H and O–H groups in total. The molecule has 0 aliphatic heterocycles. The van der Waals surface area contributed by atoms with Crippen molar-refractivity contribution in [3.63, 3.8) is 0 Å². The average molecular weight is 271 g/mol. The molecule has 0 spiro atoms. The van der Waals surface area contributed by atoms with Crippen molar-refractivity contribution in [1.29, 1.82) is 0 Å². The first-order valence-corrected chi connectivity index (χ1v) is 6.79. The van der Waals surface area contributed by atoms with Crippen LogP contribution in [0.4, 0.5) is 0 Å². The van der Waals surface area contributed by atoms with E-state index in [1.165, 1.54) is 5.56 Å². The van der Waals surface area contributed by atoms with Crippen LogP contribution >= 0.6 is 0 Å². The van der Waals surface area contributed by atoms with Crippen LogP contribution in [0.2, 0.25) is 0 Å². The van der Waals surface area contributed by atoms with Crippen LogP contribution in [0.5, 0.6) is 11.5 Å². The Labute approximate surface area is 120 Å². The van der Waals surface area contributed by atoms with Crippen molar-refractivity contribution in [1.82, 2.24) is 5.32 Å². The lowest BCUT2D eigenvalue weighted by atomic mass is 10.0. The summed E-state index contributed by atoms with van der Waals surface area (Å²) >= 11 is 0. The number of phenolic OH excluding ortho intramolecular Hbond substituents is 1. The van der Waals surface area contributed by atoms with Gasteiger partial charge in [0.25, 0.3) is 0 Å². The molecule has 2 aromatic rings. The molecule has 0 aliphatic rings. The van der Waals surface area contributed by atoms with E-state index < -0.39 is 0 Å². The predicted octanol–water partition coefficient (Wildman–Crippen LogP) is 3.81. The van der Waals surface area contributed by atoms with Gasteiger partial charge in [-0.05, 0) is 49.2 Å². The number of rotatable bonds is 5. The van der Waals surface area contributed by atoms with E-state index >= 15 is 0 Å². The van der Waals surface area contributed by atoms with Crippen LogP contribution in [-0.2, 0) is 0 Å². The Kier molecular flexibility index (Phi) is 4.64. The highest BCUT2D eigenvalue weighted by Gasteiger charge is 2.11. The second kappa shape index (κ2) is 6.44. The van der Waals surface area contributed by atoms with Crippen molar-refractivity contribution in [2.24, 2.45) is 0 Å². The first kappa shape index (κ1) is 14.4. The monoisotopic (exact) mass is 271 g/mol. The summed E-state index contributed by atoms with van der Waals surface area (Å²) in [6.07, 6.45) is 0. The number of hydrogen-bond donors (Lipinski definition) is 2. The van der Waals surface area contributed by atoms with Crippen LogP contribution in [0, 0.1) is 0 Å². The molecule has 1 unspecified atom stereocenters. The SMILES string of the molecule is COc1ccc([C@H](C)NC(C)c2ccc(O)cc2)cc1. The van der Waals surface area contributed by atoms with Gasteiger partial charge < -0.3 is 15.2 Å². The third kappa shape index (κ3) is 3.52. The van der Waals surface area contributed by atoms with Crippen LogP contribution < -0.4 is 10.1 Å². The fourth-order valence-corrected chi connectivity index (χ4v) is 2.22. The Bertz CT molecular complexity index is 534. The van der Waals surface area contributed by atoms with Crippen molar-refractivity contribution in [3.05, 3.63) is 59.7 Å². The Morgan fingerprint density at radius 3 is 1.75 bits per heavy atom. The second-order valence-corrected chi connectivity index (χ2v) is 4.97. The minimum Gasteiger partial charge on any atom is -0.508 e. The summed E-state index contributed by atoms with van der Waals surface area (Å²) in [5.74, 6) is 1.16. The molecule has 106 valence electrons. The van der Waals surface area contributed by atoms with E-state index in [4.69, 9.17) is 4.74 Å². The van der Waals surface area contributed by atoms with E-state index in [2.05, 4.69) is 31.3 Å². The van der Waals surface area contributed by atoms with Gasteiger partial charge in [0.15, 0.2) is 0 Å². The van der Waals surface area contributed by atoms with E-state index in [0.29, 0.717) is 5.75 Å². The molecule has 0 bridgehead atoms. The summed E-state index contributed by atoms with van der Waals surface area (Å²) in [6, 6.07) is 15.8. The van der Waals surface area contributed by atoms with Crippen LogP contribution in [0.15, 0.2) is 48.5 Å². The van der Waals surface area contributed by atoms with Crippen LogP contribution in [0.25, 0.3) is 0 Å². The number of phenols is 1. The van der Waals surface area contributed by atoms with Crippen LogP contribution in [0.3, 0.4) is 0 Å². The highest BCUT2D eigenvalue weighted by Crippen LogP contribution is 2.22. The molecular formula is C17H21NO2. The number of methoxy groups -OCH3 is 1. The van der Waals surface area contributed by atoms with Gasteiger partial charge in [-0.2, -0.15) is 0 Å². The summed E-state index contributed by atoms with van der Waals surface area (Å²) in [4.78, 5) is 0. The van der Waals surface area contributed by atoms with Crippen LogP contribution in [-0.4, -0.2) is 12.2 Å². The van der Waals surface area contributed by atoms with Crippen LogP contribution in [0.1, 0.15) is 37.1 Å². The maximum Gasteiger partial charge on any atom is 0.118 e. The van der Waals surface area contributed by atoms with Crippen molar-refractivity contribution in [2.75, 3.05) is 7.11 Å². The van der Waals surface area contributed by atoms with E-state index in [9.17, 15) is 5.11 Å². The molecule has 0 fully saturated rings. The zero-order chi connectivity index (χ0) is 14.5. The highest BCUT2D eigenvalue weighted by molar-refractivity contribution is 5.30. The summed E-state index contributed by atoms with van der Waals surface area (Å²) < 4.78 is 5.17. The Balaban J connectivity index is 2.02. The van der Waals surface area contributed by atoms with E-state index in [-0.39, 0.29) is 12.1 Å². The minimum absolute atomic E-state index is 0.215. The van der Waals surface area contributed by atoms with Gasteiger partial charge in [0.1, 0.15) is 11.5 Å². The number of ether oxygens (including phenoxy) is 1. The number of benzene rings is 2. The molecule has 20 heavy (non-hydrogen) atoms. The van der Waals surface area contributed by atoms with Gasteiger partial charge in [0.2, 0.25) is 0 Å². The molecule has 2 rings (SSSR count). The van der Waals surface area contributed by atoms with Crippen molar-refractivity contribution >= 4 is 0 Å². The summed E-state index contributed by atoms with van der Waals surface area (Å²) in [5, 5.41) is 12.9. The lowest BCUT2D eigenvalue weighted by molar-refractivity contribution is 0.414. The topological polar surface area (TPSA) is 41.5 Å². The largest absolute Gasteiger partial charge is 0.508 e. The summed E-state index contributed by atoms with van der Waals surface area (Å²) in [5.41, 5.74) is 2.37. The summed E-state index contributed by atoms with van der Waals surface area (Å²) in [6.45, 7) is 4.26. The van der Waals surface area contributed by atoms with Crippen molar-refractivity contribution in [3.8, 4) is 11.5 Å². The van der Waals surface area contributed by atoms with Gasteiger partial charge >= 0.3 is 0 Å². The number of nitrogens with one attached hydrogen (secondary N) is 1. The first-order chi connectivity index (χ1) is 9.60. The molecule has 0 amide bonds. The molecule has 0 heterocycles. The van der Waals surface area contributed by atoms with E-state index in [1.54, 1.807) is 19.2 Å². The quantitative estimate of drug-likeness (QED) is 0.868. The standard InChI is InChI=1S/C17H21NO2/c1-12(14-4-8-16(19)9-5-14)18-13(2)15-6-10-17(20-3)11-7-15/h4-13,18-19H,1-3H3/t12?,13-/m0/s1. The predicted molar refractivity (Wildman–Crippen MR) is 81.1 cm³/mol. The zero-order valence-corrected chi connectivity index (χ0v) is 12.1. The van der Waals surface area contributed by atoms with E-state index in [0.717, 1.165) is 11.3 Å². The number of aromatic hydroxyl groups is 1. The molecule has 3 nitrogen and oxygen atoms in total. The van der Waals surface area contributed by atoms with E-state index in [1.807, 2.05) is 24.3 Å². The molecule has 0 radical (unpaired) electrons. The molecule has 0 aromatic heterocycles. The molecular weight excluding hydrogens is 250 g/mol. The number of hydrogen-bond acceptors (Lipinski definition) is 3. The zero-order valence-electron chi connectivity index (χ0n) is 12.1. The molecule has 2 aromatic carbocycles. The smallest absolute Gasteiger partial charge is 0.118 e. The van der Waals surface area contributed by atoms with Gasteiger partial charge in [-0.15, -0.1) is 0 Å². The Morgan fingerprint density at radius 1 is 0.850 bits per heavy atom. The normalized spacial score (nSPS) is 13.8. The molecule has 2 atom stereocenters. The van der Waals surface area contributed by atoms with Gasteiger partial charge in [0, 0.05) is 12.1 Å². The Morgan fingerprint density at radius 2 is 1.30 bits per heavy atom. The third-order valence-electron chi connectivity index (χ3n) is 3.51. The van der Waals surface area contributed by atoms with Gasteiger partial charge in [0.05, 0.1) is 7.11 Å².